The van der Waals surface area contributed by atoms with Crippen molar-refractivity contribution in [2.75, 3.05) is 0 Å². The van der Waals surface area contributed by atoms with Gasteiger partial charge < -0.3 is 0 Å². The van der Waals surface area contributed by atoms with Crippen LogP contribution in [0.1, 0.15) is 69.0 Å². The molecule has 0 saturated heterocycles. The molecule has 7 unspecified atom stereocenters. The summed E-state index contributed by atoms with van der Waals surface area (Å²) in [4.78, 5) is 5.11. The molecular formula is C29H35N. The first kappa shape index (κ1) is 18.0. The van der Waals surface area contributed by atoms with Crippen LogP contribution in [0.15, 0.2) is 42.0 Å². The van der Waals surface area contributed by atoms with E-state index in [4.69, 9.17) is 4.98 Å². The van der Waals surface area contributed by atoms with Gasteiger partial charge in [0.25, 0.3) is 0 Å². The number of hydrogen-bond donors (Lipinski definition) is 0. The van der Waals surface area contributed by atoms with Gasteiger partial charge in [-0.3, -0.25) is 4.98 Å². The zero-order valence-electron chi connectivity index (χ0n) is 18.2. The maximum atomic E-state index is 5.11. The van der Waals surface area contributed by atoms with Crippen LogP contribution >= 0.6 is 0 Å². The van der Waals surface area contributed by atoms with Crippen LogP contribution in [-0.4, -0.2) is 4.98 Å². The summed E-state index contributed by atoms with van der Waals surface area (Å²) in [6.45, 7) is 0. The molecule has 156 valence electrons. The Morgan fingerprint density at radius 3 is 2.63 bits per heavy atom. The van der Waals surface area contributed by atoms with Gasteiger partial charge in [0.05, 0.1) is 5.52 Å². The number of nitrogens with zero attached hydrogens (tertiary/aromatic N) is 1. The third-order valence-corrected chi connectivity index (χ3v) is 10.1. The van der Waals surface area contributed by atoms with Crippen molar-refractivity contribution in [2.45, 2.75) is 70.6 Å². The van der Waals surface area contributed by atoms with E-state index in [1.807, 2.05) is 5.57 Å². The highest BCUT2D eigenvalue weighted by Crippen LogP contribution is 2.58. The molecule has 0 aliphatic heterocycles. The number of hydrogen-bond acceptors (Lipinski definition) is 1. The van der Waals surface area contributed by atoms with E-state index in [0.717, 1.165) is 41.4 Å². The second-order valence-electron chi connectivity index (χ2n) is 11.3. The van der Waals surface area contributed by atoms with Crippen LogP contribution < -0.4 is 0 Å². The van der Waals surface area contributed by atoms with Gasteiger partial charge in [0.2, 0.25) is 0 Å². The number of pyridine rings is 1. The lowest BCUT2D eigenvalue weighted by atomic mass is 9.51. The SMILES string of the molecule is C1=C2C3CCCCC3CCC2C2CCC3Cc4nc5ccccc5cc4CC3C2C1. The van der Waals surface area contributed by atoms with Gasteiger partial charge in [0.15, 0.2) is 0 Å². The molecule has 5 aliphatic rings. The third kappa shape index (κ3) is 2.69. The number of benzene rings is 1. The average Bonchev–Trinajstić information content (AvgIpc) is 2.80. The molecule has 0 bridgehead atoms. The van der Waals surface area contributed by atoms with Gasteiger partial charge in [0, 0.05) is 11.1 Å². The van der Waals surface area contributed by atoms with E-state index in [-0.39, 0.29) is 0 Å². The molecule has 30 heavy (non-hydrogen) atoms. The minimum Gasteiger partial charge on any atom is -0.253 e. The zero-order chi connectivity index (χ0) is 19.7. The first-order valence-electron chi connectivity index (χ1n) is 12.9. The number of allylic oxidation sites excluding steroid dienone is 2. The molecule has 0 amide bonds. The number of fused-ring (bicyclic) bond motifs is 9. The molecule has 1 nitrogen and oxygen atoms in total. The van der Waals surface area contributed by atoms with Crippen molar-refractivity contribution in [3.63, 3.8) is 0 Å². The third-order valence-electron chi connectivity index (χ3n) is 10.1. The Morgan fingerprint density at radius 2 is 1.63 bits per heavy atom. The molecule has 0 radical (unpaired) electrons. The molecule has 1 heteroatoms. The Kier molecular flexibility index (Phi) is 4.16. The van der Waals surface area contributed by atoms with Gasteiger partial charge in [-0.25, -0.2) is 0 Å². The van der Waals surface area contributed by atoms with Gasteiger partial charge in [-0.15, -0.1) is 0 Å². The van der Waals surface area contributed by atoms with Crippen molar-refractivity contribution in [2.24, 2.45) is 41.4 Å². The Morgan fingerprint density at radius 1 is 0.733 bits per heavy atom. The summed E-state index contributed by atoms with van der Waals surface area (Å²) in [5.41, 5.74) is 6.14. The van der Waals surface area contributed by atoms with Crippen LogP contribution in [0.3, 0.4) is 0 Å². The van der Waals surface area contributed by atoms with Gasteiger partial charge >= 0.3 is 0 Å². The summed E-state index contributed by atoms with van der Waals surface area (Å²) in [6.07, 6.45) is 18.7. The van der Waals surface area contributed by atoms with Crippen LogP contribution in [-0.2, 0) is 12.8 Å². The van der Waals surface area contributed by atoms with E-state index in [2.05, 4.69) is 36.4 Å². The van der Waals surface area contributed by atoms with Crippen molar-refractivity contribution in [1.29, 1.82) is 0 Å². The molecule has 1 aromatic carbocycles. The van der Waals surface area contributed by atoms with Crippen LogP contribution in [0.4, 0.5) is 0 Å². The zero-order valence-corrected chi connectivity index (χ0v) is 18.2. The van der Waals surface area contributed by atoms with Gasteiger partial charge in [-0.1, -0.05) is 42.7 Å². The molecule has 5 aliphatic carbocycles. The van der Waals surface area contributed by atoms with Crippen molar-refractivity contribution in [3.8, 4) is 0 Å². The fourth-order valence-corrected chi connectivity index (χ4v) is 8.84. The van der Waals surface area contributed by atoms with Gasteiger partial charge in [0.1, 0.15) is 0 Å². The van der Waals surface area contributed by atoms with E-state index < -0.39 is 0 Å². The maximum Gasteiger partial charge on any atom is 0.0705 e. The lowest BCUT2D eigenvalue weighted by molar-refractivity contribution is 0.0257. The van der Waals surface area contributed by atoms with Crippen molar-refractivity contribution < 1.29 is 0 Å². The fourth-order valence-electron chi connectivity index (χ4n) is 8.84. The lowest BCUT2D eigenvalue weighted by Crippen LogP contribution is -2.46. The summed E-state index contributed by atoms with van der Waals surface area (Å²) in [5.74, 6) is 6.67. The second-order valence-corrected chi connectivity index (χ2v) is 11.3. The normalized spacial score (nSPS) is 39.7. The summed E-state index contributed by atoms with van der Waals surface area (Å²) in [7, 11) is 0. The van der Waals surface area contributed by atoms with E-state index in [9.17, 15) is 0 Å². The second kappa shape index (κ2) is 6.94. The molecule has 7 rings (SSSR count). The van der Waals surface area contributed by atoms with Gasteiger partial charge in [-0.05, 0) is 117 Å². The molecular weight excluding hydrogens is 362 g/mol. The van der Waals surface area contributed by atoms with Crippen LogP contribution in [0.2, 0.25) is 0 Å². The molecule has 3 saturated carbocycles. The van der Waals surface area contributed by atoms with E-state index in [0.29, 0.717) is 0 Å². The maximum absolute atomic E-state index is 5.11. The van der Waals surface area contributed by atoms with Crippen LogP contribution in [0.5, 0.6) is 0 Å². The minimum absolute atomic E-state index is 0.883. The topological polar surface area (TPSA) is 12.9 Å². The smallest absolute Gasteiger partial charge is 0.0705 e. The predicted molar refractivity (Wildman–Crippen MR) is 123 cm³/mol. The van der Waals surface area contributed by atoms with Crippen molar-refractivity contribution in [3.05, 3.63) is 53.2 Å². The highest BCUT2D eigenvalue weighted by atomic mass is 14.7. The number of rotatable bonds is 0. The fraction of sp³-hybridized carbons (Fsp3) is 0.621. The summed E-state index contributed by atoms with van der Waals surface area (Å²) < 4.78 is 0. The van der Waals surface area contributed by atoms with E-state index in [1.165, 1.54) is 87.2 Å². The molecule has 3 fully saturated rings. The first-order valence-corrected chi connectivity index (χ1v) is 12.9. The standard InChI is InChI=1S/C29H35N/c1-3-7-22-18(5-1)9-11-24-23(22)13-14-26-25(24)12-10-19-17-29-21(16-27(19)26)15-20-6-2-4-8-28(20)30-29/h2,4,6,8,13,15,18-19,22,24-27H,1,3,5,7,9-12,14,16-17H2. The lowest BCUT2D eigenvalue weighted by Gasteiger charge is -2.54. The molecule has 7 atom stereocenters. The first-order chi connectivity index (χ1) is 14.8. The summed E-state index contributed by atoms with van der Waals surface area (Å²) in [5, 5.41) is 1.34. The monoisotopic (exact) mass is 397 g/mol. The molecule has 1 heterocycles. The van der Waals surface area contributed by atoms with Crippen molar-refractivity contribution >= 4 is 10.9 Å². The van der Waals surface area contributed by atoms with E-state index in [1.54, 1.807) is 5.56 Å². The van der Waals surface area contributed by atoms with Crippen molar-refractivity contribution in [1.82, 2.24) is 4.98 Å². The molecule has 2 aromatic rings. The number of aromatic nitrogens is 1. The van der Waals surface area contributed by atoms with Gasteiger partial charge in [-0.2, -0.15) is 0 Å². The highest BCUT2D eigenvalue weighted by Gasteiger charge is 2.49. The summed E-state index contributed by atoms with van der Waals surface area (Å²) >= 11 is 0. The summed E-state index contributed by atoms with van der Waals surface area (Å²) in [6, 6.07) is 11.2. The quantitative estimate of drug-likeness (QED) is 0.431. The van der Waals surface area contributed by atoms with Crippen LogP contribution in [0.25, 0.3) is 10.9 Å². The average molecular weight is 398 g/mol. The molecule has 0 N–H and O–H groups in total. The molecule has 0 spiro atoms. The Bertz CT molecular complexity index is 1000. The number of para-hydroxylation sites is 1. The largest absolute Gasteiger partial charge is 0.253 e. The highest BCUT2D eigenvalue weighted by molar-refractivity contribution is 5.79. The van der Waals surface area contributed by atoms with E-state index >= 15 is 0 Å². The Labute approximate surface area is 181 Å². The Balaban J connectivity index is 1.20. The Hall–Kier alpha value is -1.63. The molecule has 1 aromatic heterocycles. The van der Waals surface area contributed by atoms with Crippen LogP contribution in [0, 0.1) is 41.4 Å². The predicted octanol–water partition coefficient (Wildman–Crippen LogP) is 7.14. The minimum atomic E-state index is 0.883.